The van der Waals surface area contributed by atoms with Crippen LogP contribution in [0, 0.1) is 13.8 Å². The largest absolute Gasteiger partial charge is 0.355 e. The fraction of sp³-hybridized carbons (Fsp3) is 0.333. The van der Waals surface area contributed by atoms with Crippen LogP contribution in [0.2, 0.25) is 0 Å². The molecule has 1 saturated heterocycles. The maximum Gasteiger partial charge on any atom is 0.266 e. The number of para-hydroxylation sites is 1. The summed E-state index contributed by atoms with van der Waals surface area (Å²) in [7, 11) is 0. The van der Waals surface area contributed by atoms with Gasteiger partial charge in [-0.15, -0.1) is 0 Å². The molecule has 0 amide bonds. The second kappa shape index (κ2) is 7.84. The average molecular weight is 382 g/mol. The van der Waals surface area contributed by atoms with E-state index in [9.17, 15) is 4.79 Å². The zero-order valence-corrected chi connectivity index (χ0v) is 16.3. The molecule has 140 valence electrons. The lowest BCUT2D eigenvalue weighted by Crippen LogP contribution is -2.27. The van der Waals surface area contributed by atoms with E-state index in [0.717, 1.165) is 28.9 Å². The van der Waals surface area contributed by atoms with Crippen molar-refractivity contribution < 1.29 is 9.47 Å². The second-order valence-corrected chi connectivity index (χ2v) is 7.72. The summed E-state index contributed by atoms with van der Waals surface area (Å²) in [4.78, 5) is 18.0. The number of benzene rings is 2. The van der Waals surface area contributed by atoms with Crippen molar-refractivity contribution in [3.05, 3.63) is 63.9 Å². The average Bonchev–Trinajstić information content (AvgIpc) is 2.70. The number of aryl methyl sites for hydroxylation is 2. The summed E-state index contributed by atoms with van der Waals surface area (Å²) in [6.45, 7) is 5.17. The normalized spacial score (nSPS) is 17.3. The van der Waals surface area contributed by atoms with Crippen molar-refractivity contribution >= 4 is 22.7 Å². The van der Waals surface area contributed by atoms with Crippen LogP contribution >= 0.6 is 11.8 Å². The number of hydrogen-bond acceptors (Lipinski definition) is 5. The monoisotopic (exact) mass is 382 g/mol. The molecule has 6 heteroatoms. The lowest BCUT2D eigenvalue weighted by atomic mass is 10.1. The van der Waals surface area contributed by atoms with Gasteiger partial charge in [-0.1, -0.05) is 30.0 Å². The first-order valence-electron chi connectivity index (χ1n) is 9.05. The molecule has 0 bridgehead atoms. The van der Waals surface area contributed by atoms with Crippen molar-refractivity contribution in [1.29, 1.82) is 0 Å². The Morgan fingerprint density at radius 2 is 2.04 bits per heavy atom. The minimum Gasteiger partial charge on any atom is -0.355 e. The quantitative estimate of drug-likeness (QED) is 0.507. The minimum atomic E-state index is -0.0424. The maximum atomic E-state index is 13.3. The third-order valence-electron chi connectivity index (χ3n) is 4.86. The van der Waals surface area contributed by atoms with E-state index in [-0.39, 0.29) is 11.7 Å². The summed E-state index contributed by atoms with van der Waals surface area (Å²) in [5, 5.41) is 1.32. The Hall–Kier alpha value is -2.15. The third-order valence-corrected chi connectivity index (χ3v) is 5.93. The standard InChI is InChI=1S/C21H22N2O3S/c1-14-7-8-16(11-15(14)2)23-20(24)18-5-3-4-6-19(18)22-21(23)27-12-17-9-10-25-13-26-17/h3-8,11,17H,9-10,12-13H2,1-2H3/t17-/m1/s1. The van der Waals surface area contributed by atoms with E-state index in [1.807, 2.05) is 42.5 Å². The SMILES string of the molecule is Cc1ccc(-n2c(SC[C@H]3CCOCO3)nc3ccccc3c2=O)cc1C. The second-order valence-electron chi connectivity index (χ2n) is 6.74. The lowest BCUT2D eigenvalue weighted by molar-refractivity contribution is -0.130. The van der Waals surface area contributed by atoms with Gasteiger partial charge in [-0.3, -0.25) is 9.36 Å². The third kappa shape index (κ3) is 3.78. The van der Waals surface area contributed by atoms with Gasteiger partial charge >= 0.3 is 0 Å². The van der Waals surface area contributed by atoms with Gasteiger partial charge in [-0.2, -0.15) is 0 Å². The van der Waals surface area contributed by atoms with E-state index in [1.165, 1.54) is 5.56 Å². The number of aromatic nitrogens is 2. The van der Waals surface area contributed by atoms with Crippen LogP contribution in [-0.2, 0) is 9.47 Å². The molecule has 1 fully saturated rings. The first-order chi connectivity index (χ1) is 13.1. The predicted molar refractivity (Wildman–Crippen MR) is 108 cm³/mol. The smallest absolute Gasteiger partial charge is 0.266 e. The van der Waals surface area contributed by atoms with Gasteiger partial charge in [0.15, 0.2) is 5.16 Å². The molecule has 3 aromatic rings. The molecular formula is C21H22N2O3S. The summed E-state index contributed by atoms with van der Waals surface area (Å²) in [5.74, 6) is 0.735. The fourth-order valence-electron chi connectivity index (χ4n) is 3.10. The molecule has 1 aromatic heterocycles. The number of nitrogens with zero attached hydrogens (tertiary/aromatic N) is 2. The zero-order chi connectivity index (χ0) is 18.8. The molecule has 27 heavy (non-hydrogen) atoms. The van der Waals surface area contributed by atoms with Gasteiger partial charge in [0.05, 0.1) is 29.3 Å². The highest BCUT2D eigenvalue weighted by Crippen LogP contribution is 2.25. The van der Waals surface area contributed by atoms with Gasteiger partial charge in [0.1, 0.15) is 6.79 Å². The Morgan fingerprint density at radius 3 is 2.81 bits per heavy atom. The van der Waals surface area contributed by atoms with Crippen LogP contribution in [0.3, 0.4) is 0 Å². The van der Waals surface area contributed by atoms with Gasteiger partial charge < -0.3 is 9.47 Å². The topological polar surface area (TPSA) is 53.4 Å². The number of rotatable bonds is 4. The lowest BCUT2D eigenvalue weighted by Gasteiger charge is -2.22. The van der Waals surface area contributed by atoms with Crippen molar-refractivity contribution in [2.24, 2.45) is 0 Å². The Bertz CT molecular complexity index is 1030. The molecule has 0 radical (unpaired) electrons. The molecule has 0 spiro atoms. The highest BCUT2D eigenvalue weighted by Gasteiger charge is 2.18. The summed E-state index contributed by atoms with van der Waals surface area (Å²) >= 11 is 1.56. The van der Waals surface area contributed by atoms with E-state index in [4.69, 9.17) is 14.5 Å². The Balaban J connectivity index is 1.79. The summed E-state index contributed by atoms with van der Waals surface area (Å²) in [6.07, 6.45) is 0.967. The molecule has 4 rings (SSSR count). The molecule has 0 aliphatic carbocycles. The number of fused-ring (bicyclic) bond motifs is 1. The summed E-state index contributed by atoms with van der Waals surface area (Å²) in [5.41, 5.74) is 3.87. The van der Waals surface area contributed by atoms with Crippen molar-refractivity contribution in [1.82, 2.24) is 9.55 Å². The van der Waals surface area contributed by atoms with Crippen LogP contribution in [0.1, 0.15) is 17.5 Å². The summed E-state index contributed by atoms with van der Waals surface area (Å²) in [6, 6.07) is 13.6. The highest BCUT2D eigenvalue weighted by molar-refractivity contribution is 7.99. The van der Waals surface area contributed by atoms with Gasteiger partial charge in [-0.05, 0) is 55.7 Å². The number of thioether (sulfide) groups is 1. The van der Waals surface area contributed by atoms with Crippen LogP contribution in [0.15, 0.2) is 52.4 Å². The first kappa shape index (κ1) is 18.2. The molecule has 1 aliphatic rings. The first-order valence-corrected chi connectivity index (χ1v) is 10.0. The van der Waals surface area contributed by atoms with Crippen molar-refractivity contribution in [2.45, 2.75) is 31.5 Å². The fourth-order valence-corrected chi connectivity index (χ4v) is 4.18. The number of hydrogen-bond donors (Lipinski definition) is 0. The maximum absolute atomic E-state index is 13.3. The highest BCUT2D eigenvalue weighted by atomic mass is 32.2. The van der Waals surface area contributed by atoms with Crippen molar-refractivity contribution in [3.63, 3.8) is 0 Å². The molecule has 0 N–H and O–H groups in total. The Kier molecular flexibility index (Phi) is 5.29. The predicted octanol–water partition coefficient (Wildman–Crippen LogP) is 3.86. The van der Waals surface area contributed by atoms with Crippen LogP contribution in [-0.4, -0.2) is 34.8 Å². The summed E-state index contributed by atoms with van der Waals surface area (Å²) < 4.78 is 12.6. The van der Waals surface area contributed by atoms with Gasteiger partial charge in [0, 0.05) is 5.75 Å². The molecular weight excluding hydrogens is 360 g/mol. The molecule has 1 atom stereocenters. The van der Waals surface area contributed by atoms with E-state index in [0.29, 0.717) is 23.9 Å². The molecule has 2 aromatic carbocycles. The van der Waals surface area contributed by atoms with Crippen LogP contribution in [0.4, 0.5) is 0 Å². The van der Waals surface area contributed by atoms with E-state index in [2.05, 4.69) is 13.8 Å². The number of ether oxygens (including phenoxy) is 2. The molecule has 2 heterocycles. The van der Waals surface area contributed by atoms with E-state index >= 15 is 0 Å². The molecule has 5 nitrogen and oxygen atoms in total. The van der Waals surface area contributed by atoms with Gasteiger partial charge in [-0.25, -0.2) is 4.98 Å². The van der Waals surface area contributed by atoms with Crippen LogP contribution in [0.25, 0.3) is 16.6 Å². The van der Waals surface area contributed by atoms with Crippen molar-refractivity contribution in [3.8, 4) is 5.69 Å². The Labute approximate surface area is 162 Å². The van der Waals surface area contributed by atoms with Crippen molar-refractivity contribution in [2.75, 3.05) is 19.2 Å². The van der Waals surface area contributed by atoms with Gasteiger partial charge in [0.2, 0.25) is 0 Å². The zero-order valence-electron chi connectivity index (χ0n) is 15.5. The van der Waals surface area contributed by atoms with E-state index in [1.54, 1.807) is 16.3 Å². The molecule has 0 saturated carbocycles. The molecule has 0 unspecified atom stereocenters. The Morgan fingerprint density at radius 1 is 1.19 bits per heavy atom. The van der Waals surface area contributed by atoms with Crippen LogP contribution in [0.5, 0.6) is 0 Å². The van der Waals surface area contributed by atoms with Crippen LogP contribution < -0.4 is 5.56 Å². The molecule has 1 aliphatic heterocycles. The minimum absolute atomic E-state index is 0.0424. The van der Waals surface area contributed by atoms with Gasteiger partial charge in [0.25, 0.3) is 5.56 Å². The van der Waals surface area contributed by atoms with E-state index < -0.39 is 0 Å².